The lowest BCUT2D eigenvalue weighted by atomic mass is 10.1. The van der Waals surface area contributed by atoms with Crippen LogP contribution < -0.4 is 10.6 Å². The molecule has 6 heteroatoms. The number of nitrogens with one attached hydrogen (secondary N) is 2. The first kappa shape index (κ1) is 20.8. The second-order valence-electron chi connectivity index (χ2n) is 7.41. The Bertz CT molecular complexity index is 760. The van der Waals surface area contributed by atoms with Crippen molar-refractivity contribution in [3.05, 3.63) is 51.0 Å². The first-order valence-corrected chi connectivity index (χ1v) is 11.2. The molecule has 3 rings (SSSR count). The first-order valence-electron chi connectivity index (χ1n) is 10.4. The number of aliphatic imine (C=N–C) groups is 1. The highest BCUT2D eigenvalue weighted by atomic mass is 32.1. The standard InChI is InChI=1S/C22H33N5S/c1-4-23-22(24-12-11-21-17(2)26-18(3)28-21)25-15-19-7-9-20(10-8-19)16-27-13-5-6-14-27/h7-10H,4-6,11-16H2,1-3H3,(H2,23,24,25). The highest BCUT2D eigenvalue weighted by Crippen LogP contribution is 2.17. The van der Waals surface area contributed by atoms with Gasteiger partial charge in [0, 0.05) is 30.9 Å². The molecule has 1 aliphatic heterocycles. The maximum Gasteiger partial charge on any atom is 0.191 e. The van der Waals surface area contributed by atoms with Gasteiger partial charge in [-0.3, -0.25) is 4.90 Å². The molecule has 0 amide bonds. The Morgan fingerprint density at radius 3 is 2.46 bits per heavy atom. The molecule has 1 fully saturated rings. The summed E-state index contributed by atoms with van der Waals surface area (Å²) in [4.78, 5) is 13.1. The number of guanidine groups is 1. The number of likely N-dealkylation sites (tertiary alicyclic amines) is 1. The highest BCUT2D eigenvalue weighted by molar-refractivity contribution is 7.11. The monoisotopic (exact) mass is 399 g/mol. The van der Waals surface area contributed by atoms with E-state index in [9.17, 15) is 0 Å². The fourth-order valence-electron chi connectivity index (χ4n) is 3.56. The average Bonchev–Trinajstić information content (AvgIpc) is 3.30. The molecule has 0 aliphatic carbocycles. The molecule has 5 nitrogen and oxygen atoms in total. The molecular formula is C22H33N5S. The number of nitrogens with zero attached hydrogens (tertiary/aromatic N) is 3. The first-order chi connectivity index (χ1) is 13.6. The molecule has 1 aromatic carbocycles. The van der Waals surface area contributed by atoms with Crippen molar-refractivity contribution in [2.24, 2.45) is 4.99 Å². The summed E-state index contributed by atoms with van der Waals surface area (Å²) in [6.07, 6.45) is 3.66. The Morgan fingerprint density at radius 1 is 1.11 bits per heavy atom. The quantitative estimate of drug-likeness (QED) is 0.525. The van der Waals surface area contributed by atoms with E-state index in [2.05, 4.69) is 65.6 Å². The number of hydrogen-bond acceptors (Lipinski definition) is 4. The summed E-state index contributed by atoms with van der Waals surface area (Å²) in [5.41, 5.74) is 3.80. The molecule has 0 bridgehead atoms. The molecule has 1 saturated heterocycles. The third kappa shape index (κ3) is 6.31. The van der Waals surface area contributed by atoms with E-state index in [4.69, 9.17) is 4.99 Å². The molecule has 0 unspecified atom stereocenters. The second-order valence-corrected chi connectivity index (χ2v) is 8.70. The van der Waals surface area contributed by atoms with Crippen molar-refractivity contribution >= 4 is 17.3 Å². The fraction of sp³-hybridized carbons (Fsp3) is 0.545. The molecule has 0 saturated carbocycles. The largest absolute Gasteiger partial charge is 0.357 e. The zero-order valence-electron chi connectivity index (χ0n) is 17.4. The molecular weight excluding hydrogens is 366 g/mol. The van der Waals surface area contributed by atoms with Gasteiger partial charge in [0.2, 0.25) is 0 Å². The van der Waals surface area contributed by atoms with Crippen LogP contribution in [-0.4, -0.2) is 42.0 Å². The normalized spacial score (nSPS) is 15.2. The SMILES string of the molecule is CCNC(=NCc1ccc(CN2CCCC2)cc1)NCCc1sc(C)nc1C. The van der Waals surface area contributed by atoms with Crippen LogP contribution in [0.4, 0.5) is 0 Å². The summed E-state index contributed by atoms with van der Waals surface area (Å²) in [7, 11) is 0. The van der Waals surface area contributed by atoms with Crippen molar-refractivity contribution in [2.45, 2.75) is 53.1 Å². The van der Waals surface area contributed by atoms with E-state index in [1.807, 2.05) is 0 Å². The van der Waals surface area contributed by atoms with Gasteiger partial charge in [0.15, 0.2) is 5.96 Å². The minimum absolute atomic E-state index is 0.692. The van der Waals surface area contributed by atoms with Crippen LogP contribution in [0.25, 0.3) is 0 Å². The molecule has 2 heterocycles. The van der Waals surface area contributed by atoms with Crippen molar-refractivity contribution in [1.82, 2.24) is 20.5 Å². The van der Waals surface area contributed by atoms with E-state index in [0.29, 0.717) is 6.54 Å². The molecule has 2 N–H and O–H groups in total. The molecule has 2 aromatic rings. The third-order valence-electron chi connectivity index (χ3n) is 5.04. The third-order valence-corrected chi connectivity index (χ3v) is 6.17. The Hall–Kier alpha value is -1.92. The summed E-state index contributed by atoms with van der Waals surface area (Å²) >= 11 is 1.79. The Labute approximate surface area is 173 Å². The Kier molecular flexibility index (Phi) is 7.86. The topological polar surface area (TPSA) is 52.6 Å². The molecule has 28 heavy (non-hydrogen) atoms. The summed E-state index contributed by atoms with van der Waals surface area (Å²) in [6, 6.07) is 8.92. The number of rotatable bonds is 8. The van der Waals surface area contributed by atoms with Gasteiger partial charge in [0.25, 0.3) is 0 Å². The van der Waals surface area contributed by atoms with Gasteiger partial charge in [-0.1, -0.05) is 24.3 Å². The summed E-state index contributed by atoms with van der Waals surface area (Å²) in [5, 5.41) is 7.93. The van der Waals surface area contributed by atoms with Gasteiger partial charge in [-0.15, -0.1) is 11.3 Å². The average molecular weight is 400 g/mol. The zero-order valence-corrected chi connectivity index (χ0v) is 18.2. The van der Waals surface area contributed by atoms with E-state index in [-0.39, 0.29) is 0 Å². The molecule has 1 aromatic heterocycles. The molecule has 1 aliphatic rings. The predicted octanol–water partition coefficient (Wildman–Crippen LogP) is 3.65. The summed E-state index contributed by atoms with van der Waals surface area (Å²) in [5.74, 6) is 0.877. The van der Waals surface area contributed by atoms with Crippen LogP contribution in [0, 0.1) is 13.8 Å². The maximum absolute atomic E-state index is 4.75. The van der Waals surface area contributed by atoms with Crippen LogP contribution in [-0.2, 0) is 19.5 Å². The Morgan fingerprint density at radius 2 is 1.82 bits per heavy atom. The van der Waals surface area contributed by atoms with Crippen LogP contribution >= 0.6 is 11.3 Å². The lowest BCUT2D eigenvalue weighted by Crippen LogP contribution is -2.38. The number of aromatic nitrogens is 1. The number of hydrogen-bond donors (Lipinski definition) is 2. The number of benzene rings is 1. The van der Waals surface area contributed by atoms with Crippen molar-refractivity contribution in [3.8, 4) is 0 Å². The summed E-state index contributed by atoms with van der Waals surface area (Å²) in [6.45, 7) is 12.2. The van der Waals surface area contributed by atoms with Crippen LogP contribution in [0.1, 0.15) is 46.5 Å². The maximum atomic E-state index is 4.75. The van der Waals surface area contributed by atoms with Crippen molar-refractivity contribution in [2.75, 3.05) is 26.2 Å². The van der Waals surface area contributed by atoms with Crippen LogP contribution in [0.3, 0.4) is 0 Å². The number of thiazole rings is 1. The molecule has 152 valence electrons. The van der Waals surface area contributed by atoms with Gasteiger partial charge < -0.3 is 10.6 Å². The molecule has 0 spiro atoms. The van der Waals surface area contributed by atoms with Gasteiger partial charge in [-0.25, -0.2) is 9.98 Å². The highest BCUT2D eigenvalue weighted by Gasteiger charge is 2.11. The molecule has 0 atom stereocenters. The van der Waals surface area contributed by atoms with Gasteiger partial charge in [-0.2, -0.15) is 0 Å². The fourth-order valence-corrected chi connectivity index (χ4v) is 4.50. The lowest BCUT2D eigenvalue weighted by molar-refractivity contribution is 0.331. The minimum Gasteiger partial charge on any atom is -0.357 e. The minimum atomic E-state index is 0.692. The summed E-state index contributed by atoms with van der Waals surface area (Å²) < 4.78 is 0. The smallest absolute Gasteiger partial charge is 0.191 e. The van der Waals surface area contributed by atoms with Crippen LogP contribution in [0.5, 0.6) is 0 Å². The second kappa shape index (κ2) is 10.6. The van der Waals surface area contributed by atoms with Gasteiger partial charge >= 0.3 is 0 Å². The predicted molar refractivity (Wildman–Crippen MR) is 119 cm³/mol. The van der Waals surface area contributed by atoms with Crippen molar-refractivity contribution in [3.63, 3.8) is 0 Å². The van der Waals surface area contributed by atoms with E-state index in [0.717, 1.165) is 42.7 Å². The van der Waals surface area contributed by atoms with Crippen LogP contribution in [0.2, 0.25) is 0 Å². The lowest BCUT2D eigenvalue weighted by Gasteiger charge is -2.14. The van der Waals surface area contributed by atoms with E-state index < -0.39 is 0 Å². The van der Waals surface area contributed by atoms with Gasteiger partial charge in [0.1, 0.15) is 0 Å². The van der Waals surface area contributed by atoms with E-state index in [1.54, 1.807) is 11.3 Å². The number of aryl methyl sites for hydroxylation is 2. The van der Waals surface area contributed by atoms with Crippen molar-refractivity contribution in [1.29, 1.82) is 0 Å². The van der Waals surface area contributed by atoms with Crippen molar-refractivity contribution < 1.29 is 0 Å². The zero-order chi connectivity index (χ0) is 19.8. The van der Waals surface area contributed by atoms with E-state index in [1.165, 1.54) is 41.9 Å². The van der Waals surface area contributed by atoms with Gasteiger partial charge in [-0.05, 0) is 57.8 Å². The molecule has 0 radical (unpaired) electrons. The van der Waals surface area contributed by atoms with Crippen LogP contribution in [0.15, 0.2) is 29.3 Å². The van der Waals surface area contributed by atoms with Gasteiger partial charge in [0.05, 0.1) is 17.2 Å². The van der Waals surface area contributed by atoms with E-state index >= 15 is 0 Å². The Balaban J connectivity index is 1.49.